The van der Waals surface area contributed by atoms with Crippen LogP contribution in [0.2, 0.25) is 0 Å². The number of rotatable bonds is 3. The number of thiocarbonyl (C=S) groups is 1. The van der Waals surface area contributed by atoms with Crippen LogP contribution in [0.25, 0.3) is 0 Å². The summed E-state index contributed by atoms with van der Waals surface area (Å²) in [5, 5.41) is 5.76. The molecule has 0 spiro atoms. The van der Waals surface area contributed by atoms with E-state index < -0.39 is 11.9 Å². The van der Waals surface area contributed by atoms with Crippen LogP contribution in [0.3, 0.4) is 0 Å². The number of alkyl halides is 3. The molecule has 2 heterocycles. The highest BCUT2D eigenvalue weighted by molar-refractivity contribution is 7.80. The Bertz CT molecular complexity index is 569. The summed E-state index contributed by atoms with van der Waals surface area (Å²) in [5.41, 5.74) is -0.966. The SMILES string of the molecule is CC(C)NC(=S)Nc1nc(N2CCCCCC2)cc(C(F)(F)F)n1. The molecule has 0 unspecified atom stereocenters. The van der Waals surface area contributed by atoms with Crippen LogP contribution in [0.5, 0.6) is 0 Å². The second kappa shape index (κ2) is 7.96. The van der Waals surface area contributed by atoms with Crippen LogP contribution >= 0.6 is 12.2 Å². The van der Waals surface area contributed by atoms with E-state index in [0.29, 0.717) is 13.1 Å². The third kappa shape index (κ3) is 5.47. The molecule has 0 aromatic carbocycles. The summed E-state index contributed by atoms with van der Waals surface area (Å²) in [6.07, 6.45) is -0.474. The maximum absolute atomic E-state index is 13.2. The van der Waals surface area contributed by atoms with Gasteiger partial charge in [0.15, 0.2) is 10.8 Å². The van der Waals surface area contributed by atoms with Crippen LogP contribution in [0.4, 0.5) is 24.9 Å². The van der Waals surface area contributed by atoms with Crippen molar-refractivity contribution in [2.24, 2.45) is 0 Å². The molecule has 1 aromatic heterocycles. The minimum atomic E-state index is -4.53. The van der Waals surface area contributed by atoms with Crippen molar-refractivity contribution in [1.29, 1.82) is 0 Å². The summed E-state index contributed by atoms with van der Waals surface area (Å²) < 4.78 is 39.5. The second-order valence-electron chi connectivity index (χ2n) is 6.09. The molecule has 1 fully saturated rings. The Kier molecular flexibility index (Phi) is 6.20. The topological polar surface area (TPSA) is 53.1 Å². The minimum Gasteiger partial charge on any atom is -0.360 e. The molecule has 1 aromatic rings. The molecular formula is C15H22F3N5S. The second-order valence-corrected chi connectivity index (χ2v) is 6.50. The highest BCUT2D eigenvalue weighted by Crippen LogP contribution is 2.31. The van der Waals surface area contributed by atoms with Gasteiger partial charge >= 0.3 is 6.18 Å². The standard InChI is InChI=1S/C15H22F3N5S/c1-10(2)19-14(24)22-13-20-11(15(16,17)18)9-12(21-13)23-7-5-3-4-6-8-23/h9-10H,3-8H2,1-2H3,(H2,19,20,21,22,24). The number of aromatic nitrogens is 2. The Balaban J connectivity index is 2.29. The average molecular weight is 361 g/mol. The first-order valence-electron chi connectivity index (χ1n) is 8.04. The van der Waals surface area contributed by atoms with E-state index in [2.05, 4.69) is 20.6 Å². The lowest BCUT2D eigenvalue weighted by Gasteiger charge is -2.23. The smallest absolute Gasteiger partial charge is 0.360 e. The summed E-state index contributed by atoms with van der Waals surface area (Å²) >= 11 is 5.07. The number of hydrogen-bond acceptors (Lipinski definition) is 4. The molecule has 0 bridgehead atoms. The van der Waals surface area contributed by atoms with Crippen molar-refractivity contribution in [3.05, 3.63) is 11.8 Å². The molecule has 0 amide bonds. The van der Waals surface area contributed by atoms with Crippen molar-refractivity contribution < 1.29 is 13.2 Å². The highest BCUT2D eigenvalue weighted by Gasteiger charge is 2.34. The molecule has 2 N–H and O–H groups in total. The van der Waals surface area contributed by atoms with Crippen molar-refractivity contribution in [3.63, 3.8) is 0 Å². The van der Waals surface area contributed by atoms with Crippen molar-refractivity contribution >= 4 is 29.1 Å². The molecule has 0 atom stereocenters. The Hall–Kier alpha value is -1.64. The van der Waals surface area contributed by atoms with Gasteiger partial charge in [0.2, 0.25) is 5.95 Å². The van der Waals surface area contributed by atoms with Crippen molar-refractivity contribution in [2.75, 3.05) is 23.3 Å². The zero-order valence-electron chi connectivity index (χ0n) is 13.8. The lowest BCUT2D eigenvalue weighted by Crippen LogP contribution is -2.35. The van der Waals surface area contributed by atoms with Crippen LogP contribution in [-0.2, 0) is 6.18 Å². The van der Waals surface area contributed by atoms with Gasteiger partial charge in [-0.05, 0) is 38.9 Å². The van der Waals surface area contributed by atoms with Gasteiger partial charge in [0.1, 0.15) is 5.82 Å². The monoisotopic (exact) mass is 361 g/mol. The summed E-state index contributed by atoms with van der Waals surface area (Å²) in [5.74, 6) is 0.149. The molecule has 24 heavy (non-hydrogen) atoms. The molecular weight excluding hydrogens is 339 g/mol. The van der Waals surface area contributed by atoms with Gasteiger partial charge in [0.25, 0.3) is 0 Å². The number of hydrogen-bond donors (Lipinski definition) is 2. The van der Waals surface area contributed by atoms with E-state index in [-0.39, 0.29) is 22.9 Å². The van der Waals surface area contributed by atoms with E-state index in [1.807, 2.05) is 18.7 Å². The van der Waals surface area contributed by atoms with E-state index in [1.54, 1.807) is 0 Å². The van der Waals surface area contributed by atoms with Crippen LogP contribution in [-0.4, -0.2) is 34.2 Å². The fraction of sp³-hybridized carbons (Fsp3) is 0.667. The third-order valence-corrected chi connectivity index (χ3v) is 3.80. The Morgan fingerprint density at radius 2 is 1.79 bits per heavy atom. The van der Waals surface area contributed by atoms with Gasteiger partial charge in [-0.2, -0.15) is 18.2 Å². The summed E-state index contributed by atoms with van der Waals surface area (Å²) in [6, 6.07) is 1.07. The van der Waals surface area contributed by atoms with E-state index in [4.69, 9.17) is 12.2 Å². The normalized spacial score (nSPS) is 16.0. The van der Waals surface area contributed by atoms with Crippen LogP contribution < -0.4 is 15.5 Å². The largest absolute Gasteiger partial charge is 0.433 e. The van der Waals surface area contributed by atoms with E-state index in [1.165, 1.54) is 0 Å². The zero-order chi connectivity index (χ0) is 17.7. The number of nitrogens with zero attached hydrogens (tertiary/aromatic N) is 3. The Labute approximate surface area is 145 Å². The summed E-state index contributed by atoms with van der Waals surface area (Å²) in [4.78, 5) is 9.69. The first-order chi connectivity index (χ1) is 11.3. The Morgan fingerprint density at radius 3 is 2.33 bits per heavy atom. The zero-order valence-corrected chi connectivity index (χ0v) is 14.6. The van der Waals surface area contributed by atoms with E-state index in [0.717, 1.165) is 31.7 Å². The lowest BCUT2D eigenvalue weighted by atomic mass is 10.2. The molecule has 0 aliphatic carbocycles. The van der Waals surface area contributed by atoms with Gasteiger partial charge in [0, 0.05) is 25.2 Å². The first kappa shape index (κ1) is 18.7. The number of halogens is 3. The molecule has 1 aliphatic heterocycles. The number of nitrogens with one attached hydrogen (secondary N) is 2. The summed E-state index contributed by atoms with van der Waals surface area (Å²) in [7, 11) is 0. The van der Waals surface area contributed by atoms with Crippen LogP contribution in [0, 0.1) is 0 Å². The molecule has 0 radical (unpaired) electrons. The molecule has 1 aliphatic rings. The predicted molar refractivity (Wildman–Crippen MR) is 92.2 cm³/mol. The van der Waals surface area contributed by atoms with Gasteiger partial charge in [-0.3, -0.25) is 0 Å². The Morgan fingerprint density at radius 1 is 1.17 bits per heavy atom. The van der Waals surface area contributed by atoms with Gasteiger partial charge in [0.05, 0.1) is 0 Å². The van der Waals surface area contributed by atoms with Crippen molar-refractivity contribution in [3.8, 4) is 0 Å². The molecule has 1 saturated heterocycles. The lowest BCUT2D eigenvalue weighted by molar-refractivity contribution is -0.141. The molecule has 2 rings (SSSR count). The number of anilines is 2. The van der Waals surface area contributed by atoms with Gasteiger partial charge in [-0.1, -0.05) is 12.8 Å². The molecule has 134 valence electrons. The summed E-state index contributed by atoms with van der Waals surface area (Å²) in [6.45, 7) is 5.15. The molecule has 5 nitrogen and oxygen atoms in total. The van der Waals surface area contributed by atoms with Gasteiger partial charge in [-0.25, -0.2) is 4.98 Å². The molecule has 9 heteroatoms. The van der Waals surface area contributed by atoms with Crippen molar-refractivity contribution in [1.82, 2.24) is 15.3 Å². The van der Waals surface area contributed by atoms with Gasteiger partial charge < -0.3 is 15.5 Å². The van der Waals surface area contributed by atoms with E-state index in [9.17, 15) is 13.2 Å². The maximum Gasteiger partial charge on any atom is 0.433 e. The fourth-order valence-corrected chi connectivity index (χ4v) is 2.82. The first-order valence-corrected chi connectivity index (χ1v) is 8.45. The third-order valence-electron chi connectivity index (χ3n) is 3.58. The average Bonchev–Trinajstić information content (AvgIpc) is 2.74. The quantitative estimate of drug-likeness (QED) is 0.803. The van der Waals surface area contributed by atoms with Gasteiger partial charge in [-0.15, -0.1) is 0 Å². The fourth-order valence-electron chi connectivity index (χ4n) is 2.50. The van der Waals surface area contributed by atoms with E-state index >= 15 is 0 Å². The highest BCUT2D eigenvalue weighted by atomic mass is 32.1. The van der Waals surface area contributed by atoms with Crippen LogP contribution in [0.1, 0.15) is 45.2 Å². The molecule has 0 saturated carbocycles. The predicted octanol–water partition coefficient (Wildman–Crippen LogP) is 3.57. The van der Waals surface area contributed by atoms with Crippen LogP contribution in [0.15, 0.2) is 6.07 Å². The maximum atomic E-state index is 13.2. The minimum absolute atomic E-state index is 0.0564. The van der Waals surface area contributed by atoms with Crippen molar-refractivity contribution in [2.45, 2.75) is 51.7 Å².